The van der Waals surface area contributed by atoms with Crippen molar-refractivity contribution in [1.82, 2.24) is 0 Å². The summed E-state index contributed by atoms with van der Waals surface area (Å²) in [6, 6.07) is 33.1. The van der Waals surface area contributed by atoms with Crippen molar-refractivity contribution in [3.63, 3.8) is 0 Å². The number of carbonyl (C=O) groups excluding carboxylic acids is 5. The average Bonchev–Trinajstić information content (AvgIpc) is 0.755. The Labute approximate surface area is 867 Å². The third kappa shape index (κ3) is 34.9. The van der Waals surface area contributed by atoms with Crippen molar-refractivity contribution in [2.24, 2.45) is 5.41 Å². The fraction of sp³-hybridized carbons (Fsp3) is 0.414. The molecule has 3 heterocycles. The van der Waals surface area contributed by atoms with Crippen LogP contribution in [0.5, 0.6) is 132 Å². The summed E-state index contributed by atoms with van der Waals surface area (Å²) in [4.78, 5) is 59.4. The molecule has 818 valence electrons. The van der Waals surface area contributed by atoms with E-state index in [9.17, 15) is 152 Å². The Balaban J connectivity index is 0.000000248. The predicted molar refractivity (Wildman–Crippen MR) is 545 cm³/mol. The van der Waals surface area contributed by atoms with Crippen molar-refractivity contribution in [3.05, 3.63) is 219 Å². The van der Waals surface area contributed by atoms with Crippen LogP contribution in [0.3, 0.4) is 0 Å². The number of phenols is 21. The number of carbonyl (C=O) groups is 5. The van der Waals surface area contributed by atoms with E-state index in [-0.39, 0.29) is 192 Å². The molecule has 0 radical (unpaired) electrons. The van der Waals surface area contributed by atoms with Crippen molar-refractivity contribution in [1.29, 1.82) is 0 Å². The highest BCUT2D eigenvalue weighted by Gasteiger charge is 2.47. The first-order valence-electron chi connectivity index (χ1n) is 49.1. The van der Waals surface area contributed by atoms with Gasteiger partial charge in [0.15, 0.2) is 47.2 Å². The van der Waals surface area contributed by atoms with Gasteiger partial charge >= 0.3 is 29.8 Å². The van der Waals surface area contributed by atoms with Gasteiger partial charge in [-0.1, -0.05) is 125 Å². The number of ether oxygens (including phenoxy) is 9. The first kappa shape index (κ1) is 122. The Hall–Kier alpha value is -15.3. The minimum absolute atomic E-state index is 0.00583. The van der Waals surface area contributed by atoms with E-state index in [1.165, 1.54) is 150 Å². The number of esters is 5. The van der Waals surface area contributed by atoms with E-state index in [0.717, 1.165) is 111 Å². The van der Waals surface area contributed by atoms with Gasteiger partial charge in [-0.15, -0.1) is 0 Å². The molecule has 3 aliphatic rings. The van der Waals surface area contributed by atoms with Gasteiger partial charge in [0.25, 0.3) is 0 Å². The predicted octanol–water partition coefficient (Wildman–Crippen LogP) is 17.8. The maximum absolute atomic E-state index is 12.7. The number of phenolic OH excluding ortho intramolecular Hbond substituents is 21. The minimum Gasteiger partial charge on any atom is -0.508 e. The third-order valence-corrected chi connectivity index (χ3v) is 25.4. The summed E-state index contributed by atoms with van der Waals surface area (Å²) in [5.74, 6) is -7.66. The van der Waals surface area contributed by atoms with Gasteiger partial charge in [-0.05, 0) is 211 Å². The van der Waals surface area contributed by atoms with Gasteiger partial charge in [-0.25, -0.2) is 19.2 Å². The van der Waals surface area contributed by atoms with E-state index in [1.807, 2.05) is 48.5 Å². The van der Waals surface area contributed by atoms with Crippen LogP contribution < -0.4 is 9.47 Å². The molecular weight excluding hydrogens is 1960 g/mol. The molecule has 0 spiro atoms. The van der Waals surface area contributed by atoms with E-state index in [2.05, 4.69) is 11.7 Å². The van der Waals surface area contributed by atoms with Crippen LogP contribution in [0.1, 0.15) is 282 Å². The Kier molecular flexibility index (Phi) is 46.9. The van der Waals surface area contributed by atoms with Crippen LogP contribution in [0.4, 0.5) is 0 Å². The molecule has 13 atom stereocenters. The zero-order valence-electron chi connectivity index (χ0n) is 85.6. The van der Waals surface area contributed by atoms with Crippen molar-refractivity contribution in [2.45, 2.75) is 264 Å². The number of aromatic hydroxyl groups is 21. The van der Waals surface area contributed by atoms with Crippen LogP contribution in [-0.4, -0.2) is 233 Å². The first-order valence-corrected chi connectivity index (χ1v) is 49.1. The standard InChI is InChI=1S/C30H42O8.C21H24O11.C17H18O6.C16H14O8.2C10H14O2.C7H14O2/c1-2-3-4-5-6-7-8-9-10-11-12-13-14-24(38-30(36)26-20-23(32)16-18-28(26)34)21-37-29(35)25-19-22(31)15-17-27(25)33;1-7-16(26)18(28)19(29)21(30-7)32-15-6-10-11(23)4-9(22)5-14(10)31-20(15)8-2-12(24)17(27)13(25)3-8;1-7-11(19)6-13(21)14-8(2)15(22)17(23-16(7)14)9-3-4-10(18)12(20)5-9;17-9-1-3-13(19)11(7-9)15(21)23-5-6-24-16(22)12-8-10(18)2-4-14(12)20;2*1-3-7(2)9-6-8(11)4-5-10(9)12;1-5-7(2,3)6(8)9-4/h15-20,24,31-34H,2-14,21H2,1H3;2-5,7,15-16,18-29H,6H2,1H3;3-6,8,15,17-22H,1-2H3;1-4,7-8,17-20H,5-6H2;2*4-7,11-12H,3H2,1-2H3;5H2,1-4H3/t;;8?,15-,17-;;;;/m..1..../s1. The average molecular weight is 2100 g/mol. The van der Waals surface area contributed by atoms with Crippen molar-refractivity contribution < 1.29 is 194 Å². The molecule has 11 unspecified atom stereocenters. The quantitative estimate of drug-likeness (QED) is 0.00597. The second-order valence-electron chi connectivity index (χ2n) is 37.0. The minimum atomic E-state index is -1.60. The highest BCUT2D eigenvalue weighted by atomic mass is 16.7. The number of fused-ring (bicyclic) bond motifs is 2. The van der Waals surface area contributed by atoms with Gasteiger partial charge in [0.05, 0.1) is 18.6 Å². The van der Waals surface area contributed by atoms with Crippen LogP contribution in [0.15, 0.2) is 158 Å². The smallest absolute Gasteiger partial charge is 0.342 e. The topological polar surface area (TPSA) is 674 Å². The van der Waals surface area contributed by atoms with Crippen LogP contribution in [0.25, 0.3) is 0 Å². The van der Waals surface area contributed by atoms with Gasteiger partial charge in [0.2, 0.25) is 0 Å². The molecule has 1 saturated heterocycles. The molecule has 0 aromatic heterocycles. The molecule has 0 saturated carbocycles. The second kappa shape index (κ2) is 57.9. The molecule has 25 N–H and O–H groups in total. The summed E-state index contributed by atoms with van der Waals surface area (Å²) in [7, 11) is 1.42. The normalized spacial score (nSPS) is 17.7. The van der Waals surface area contributed by atoms with Gasteiger partial charge in [0.1, 0.15) is 182 Å². The lowest BCUT2D eigenvalue weighted by atomic mass is 9.84. The lowest BCUT2D eigenvalue weighted by Crippen LogP contribution is -2.58. The van der Waals surface area contributed by atoms with E-state index >= 15 is 0 Å². The molecule has 150 heavy (non-hydrogen) atoms. The van der Waals surface area contributed by atoms with Crippen molar-refractivity contribution >= 4 is 29.8 Å². The Morgan fingerprint density at radius 2 is 0.820 bits per heavy atom. The number of hydrogen-bond donors (Lipinski definition) is 25. The van der Waals surface area contributed by atoms with Gasteiger partial charge in [-0.3, -0.25) is 4.79 Å². The number of hydrogen-bond acceptors (Lipinski definition) is 39. The lowest BCUT2D eigenvalue weighted by molar-refractivity contribution is -0.310. The van der Waals surface area contributed by atoms with Gasteiger partial charge in [-0.2, -0.15) is 0 Å². The Bertz CT molecular complexity index is 5950. The largest absolute Gasteiger partial charge is 0.508 e. The first-order chi connectivity index (χ1) is 70.9. The van der Waals surface area contributed by atoms with Crippen LogP contribution in [0, 0.1) is 12.3 Å². The number of benzene rings is 10. The highest BCUT2D eigenvalue weighted by molar-refractivity contribution is 5.95. The summed E-state index contributed by atoms with van der Waals surface area (Å²) in [6.07, 6.45) is 5.99. The highest BCUT2D eigenvalue weighted by Crippen LogP contribution is 2.52. The molecular formula is C111H140O39. The number of aliphatic hydroxyl groups is 4. The molecule has 10 aromatic carbocycles. The molecule has 0 amide bonds. The Morgan fingerprint density at radius 3 is 1.25 bits per heavy atom. The SMILES string of the molecule is CC1OC(OC2Cc3c(O)cc(O)cc3OC2c2cc(O)c(O)c(O)c2)C(O)C(O)C1O.CCC(C)(C)C(=O)OC.CCC(C)c1cc(O)ccc1O.CCC(C)c1cc(O)ccc1O.CCCCCCCCCCCCCCC(COC(=O)c1cc(O)ccc1O)OC(=O)c1cc(O)ccc1O.Cc1c(O)cc(O)c2c1O[C@H](c1ccc(O)c(O)c1)[C@H](O)C2C.O=C(OCCOC(=O)c1cc(O)ccc1O)c1cc(O)ccc1O. The molecule has 13 rings (SSSR count). The zero-order valence-corrected chi connectivity index (χ0v) is 85.6. The molecule has 1 fully saturated rings. The fourth-order valence-corrected chi connectivity index (χ4v) is 15.7. The van der Waals surface area contributed by atoms with Crippen LogP contribution in [0.2, 0.25) is 0 Å². The van der Waals surface area contributed by atoms with E-state index in [4.69, 9.17) is 37.9 Å². The number of unbranched alkanes of at least 4 members (excludes halogenated alkanes) is 11. The monoisotopic (exact) mass is 2100 g/mol. The summed E-state index contributed by atoms with van der Waals surface area (Å²) >= 11 is 0. The van der Waals surface area contributed by atoms with E-state index < -0.39 is 108 Å². The summed E-state index contributed by atoms with van der Waals surface area (Å²) in [6.45, 7) is 20.1. The van der Waals surface area contributed by atoms with Crippen LogP contribution in [-0.2, 0) is 44.4 Å². The van der Waals surface area contributed by atoms with Crippen molar-refractivity contribution in [2.75, 3.05) is 26.9 Å². The zero-order chi connectivity index (χ0) is 111. The maximum Gasteiger partial charge on any atom is 0.342 e. The molecule has 39 heteroatoms. The van der Waals surface area contributed by atoms with E-state index in [0.29, 0.717) is 28.9 Å². The third-order valence-electron chi connectivity index (χ3n) is 25.4. The summed E-state index contributed by atoms with van der Waals surface area (Å²) < 4.78 is 48.1. The summed E-state index contributed by atoms with van der Waals surface area (Å²) in [5, 5.41) is 243. The lowest BCUT2D eigenvalue weighted by Gasteiger charge is -2.42. The second-order valence-corrected chi connectivity index (χ2v) is 37.0. The Morgan fingerprint density at radius 1 is 0.400 bits per heavy atom. The molecule has 0 bridgehead atoms. The molecule has 39 nitrogen and oxygen atoms in total. The fourth-order valence-electron chi connectivity index (χ4n) is 15.7. The van der Waals surface area contributed by atoms with Crippen molar-refractivity contribution in [3.8, 4) is 132 Å². The van der Waals surface area contributed by atoms with Crippen LogP contribution >= 0.6 is 0 Å². The van der Waals surface area contributed by atoms with Gasteiger partial charge < -0.3 is 170 Å². The summed E-state index contributed by atoms with van der Waals surface area (Å²) in [5.41, 5.74) is 2.31. The number of aliphatic hydroxyl groups excluding tert-OH is 4. The van der Waals surface area contributed by atoms with E-state index in [1.54, 1.807) is 32.0 Å². The molecule has 3 aliphatic heterocycles. The number of rotatable bonds is 33. The molecule has 0 aliphatic carbocycles. The maximum atomic E-state index is 12.7. The molecule has 10 aromatic rings. The van der Waals surface area contributed by atoms with Gasteiger partial charge in [0, 0.05) is 63.9 Å². The number of methoxy groups -OCH3 is 1.